The molecule has 18 heavy (non-hydrogen) atoms. The van der Waals surface area contributed by atoms with E-state index >= 15 is 0 Å². The number of ketones is 1. The van der Waals surface area contributed by atoms with E-state index in [0.717, 1.165) is 25.7 Å². The molecule has 0 bridgehead atoms. The van der Waals surface area contributed by atoms with Crippen LogP contribution in [-0.4, -0.2) is 27.4 Å². The van der Waals surface area contributed by atoms with Crippen LogP contribution >= 0.6 is 23.5 Å². The monoisotopic (exact) mass is 285 g/mol. The van der Waals surface area contributed by atoms with Gasteiger partial charge in [-0.25, -0.2) is 4.79 Å². The van der Waals surface area contributed by atoms with Gasteiger partial charge in [0.2, 0.25) is 0 Å². The van der Waals surface area contributed by atoms with Crippen molar-refractivity contribution in [1.29, 1.82) is 5.26 Å². The minimum Gasteiger partial charge on any atom is -0.477 e. The van der Waals surface area contributed by atoms with Crippen molar-refractivity contribution >= 4 is 35.3 Å². The number of thiocyanates is 1. The van der Waals surface area contributed by atoms with E-state index in [-0.39, 0.29) is 15.9 Å². The number of hydrogen-bond donors (Lipinski definition) is 1. The fourth-order valence-electron chi connectivity index (χ4n) is 1.85. The Morgan fingerprint density at radius 2 is 1.83 bits per heavy atom. The van der Waals surface area contributed by atoms with Crippen LogP contribution in [0.3, 0.4) is 0 Å². The SMILES string of the molecule is CC(=O)/C=C(/SC1CCC(SC#N)CC1)C(=O)O. The van der Waals surface area contributed by atoms with Crippen LogP contribution in [0.15, 0.2) is 11.0 Å². The topological polar surface area (TPSA) is 78.2 Å². The largest absolute Gasteiger partial charge is 0.477 e. The number of nitriles is 1. The number of nitrogens with zero attached hydrogens (tertiary/aromatic N) is 1. The van der Waals surface area contributed by atoms with Gasteiger partial charge in [-0.2, -0.15) is 5.26 Å². The van der Waals surface area contributed by atoms with E-state index in [0.29, 0.717) is 5.25 Å². The Balaban J connectivity index is 2.51. The quantitative estimate of drug-likeness (QED) is 0.618. The van der Waals surface area contributed by atoms with Crippen molar-refractivity contribution in [2.24, 2.45) is 0 Å². The second kappa shape index (κ2) is 7.49. The first-order valence-corrected chi connectivity index (χ1v) is 7.45. The van der Waals surface area contributed by atoms with Gasteiger partial charge >= 0.3 is 5.97 Å². The smallest absolute Gasteiger partial charge is 0.342 e. The van der Waals surface area contributed by atoms with Crippen molar-refractivity contribution in [3.63, 3.8) is 0 Å². The lowest BCUT2D eigenvalue weighted by atomic mass is 10.00. The lowest BCUT2D eigenvalue weighted by Gasteiger charge is -2.25. The van der Waals surface area contributed by atoms with Crippen LogP contribution in [0.2, 0.25) is 0 Å². The van der Waals surface area contributed by atoms with Crippen molar-refractivity contribution in [3.05, 3.63) is 11.0 Å². The molecule has 0 unspecified atom stereocenters. The zero-order valence-electron chi connectivity index (χ0n) is 10.1. The predicted molar refractivity (Wildman–Crippen MR) is 73.2 cm³/mol. The Hall–Kier alpha value is -0.930. The van der Waals surface area contributed by atoms with Crippen LogP contribution < -0.4 is 0 Å². The molecule has 0 aliphatic heterocycles. The number of carboxylic acids is 1. The Morgan fingerprint density at radius 1 is 1.28 bits per heavy atom. The highest BCUT2D eigenvalue weighted by Gasteiger charge is 2.24. The van der Waals surface area contributed by atoms with Gasteiger partial charge in [-0.15, -0.1) is 11.8 Å². The highest BCUT2D eigenvalue weighted by Crippen LogP contribution is 2.36. The molecule has 0 aromatic heterocycles. The maximum Gasteiger partial charge on any atom is 0.342 e. The van der Waals surface area contributed by atoms with E-state index in [9.17, 15) is 9.59 Å². The zero-order chi connectivity index (χ0) is 13.5. The van der Waals surface area contributed by atoms with Crippen LogP contribution in [0.25, 0.3) is 0 Å². The summed E-state index contributed by atoms with van der Waals surface area (Å²) in [5.74, 6) is -1.28. The standard InChI is InChI=1S/C12H15NO3S2/c1-8(14)6-11(12(15)16)18-10-4-2-9(3-5-10)17-7-13/h6,9-10H,2-5H2,1H3,(H,15,16)/b11-6+. The summed E-state index contributed by atoms with van der Waals surface area (Å²) in [5.41, 5.74) is 0. The van der Waals surface area contributed by atoms with Gasteiger partial charge in [0.15, 0.2) is 5.78 Å². The summed E-state index contributed by atoms with van der Waals surface area (Å²) >= 11 is 2.57. The van der Waals surface area contributed by atoms with Gasteiger partial charge < -0.3 is 5.11 Å². The average Bonchev–Trinajstić information content (AvgIpc) is 2.30. The fourth-order valence-corrected chi connectivity index (χ4v) is 3.71. The van der Waals surface area contributed by atoms with E-state index in [2.05, 4.69) is 5.40 Å². The summed E-state index contributed by atoms with van der Waals surface area (Å²) in [6.45, 7) is 1.35. The van der Waals surface area contributed by atoms with E-state index in [1.54, 1.807) is 0 Å². The molecule has 0 saturated heterocycles. The summed E-state index contributed by atoms with van der Waals surface area (Å²) < 4.78 is 0. The number of thioether (sulfide) groups is 2. The Morgan fingerprint density at radius 3 is 2.28 bits per heavy atom. The summed E-state index contributed by atoms with van der Waals surface area (Å²) in [6, 6.07) is 0. The normalized spacial score (nSPS) is 24.3. The molecule has 0 amide bonds. The third-order valence-corrected chi connectivity index (χ3v) is 4.94. The summed E-state index contributed by atoms with van der Waals surface area (Å²) in [6.07, 6.45) is 4.84. The second-order valence-electron chi connectivity index (χ2n) is 4.15. The first kappa shape index (κ1) is 15.1. The number of aliphatic carboxylic acids is 1. The summed E-state index contributed by atoms with van der Waals surface area (Å²) in [5, 5.41) is 20.3. The lowest BCUT2D eigenvalue weighted by molar-refractivity contribution is -0.132. The summed E-state index contributed by atoms with van der Waals surface area (Å²) in [4.78, 5) is 22.1. The summed E-state index contributed by atoms with van der Waals surface area (Å²) in [7, 11) is 0. The highest BCUT2D eigenvalue weighted by molar-refractivity contribution is 8.04. The molecule has 1 N–H and O–H groups in total. The van der Waals surface area contributed by atoms with E-state index in [1.165, 1.54) is 36.5 Å². The third-order valence-electron chi connectivity index (χ3n) is 2.68. The molecular formula is C12H15NO3S2. The van der Waals surface area contributed by atoms with Crippen LogP contribution in [-0.2, 0) is 9.59 Å². The maximum atomic E-state index is 11.0. The minimum absolute atomic E-state index is 0.124. The minimum atomic E-state index is -1.04. The molecule has 6 heteroatoms. The molecule has 1 aliphatic carbocycles. The van der Waals surface area contributed by atoms with E-state index in [1.807, 2.05) is 0 Å². The molecule has 0 heterocycles. The molecule has 1 rings (SSSR count). The van der Waals surface area contributed by atoms with E-state index in [4.69, 9.17) is 10.4 Å². The number of rotatable bonds is 5. The van der Waals surface area contributed by atoms with E-state index < -0.39 is 5.97 Å². The zero-order valence-corrected chi connectivity index (χ0v) is 11.7. The van der Waals surface area contributed by atoms with Gasteiger partial charge in [-0.05, 0) is 44.4 Å². The number of carbonyl (C=O) groups excluding carboxylic acids is 1. The Bertz CT molecular complexity index is 393. The van der Waals surface area contributed by atoms with Gasteiger partial charge in [0.25, 0.3) is 0 Å². The van der Waals surface area contributed by atoms with Gasteiger partial charge in [-0.1, -0.05) is 0 Å². The van der Waals surface area contributed by atoms with Crippen LogP contribution in [0, 0.1) is 10.7 Å². The van der Waals surface area contributed by atoms with Crippen molar-refractivity contribution in [3.8, 4) is 5.40 Å². The van der Waals surface area contributed by atoms with Crippen molar-refractivity contribution in [2.45, 2.75) is 43.1 Å². The van der Waals surface area contributed by atoms with Crippen molar-refractivity contribution in [2.75, 3.05) is 0 Å². The van der Waals surface area contributed by atoms with Crippen LogP contribution in [0.1, 0.15) is 32.6 Å². The first-order chi connectivity index (χ1) is 8.52. The van der Waals surface area contributed by atoms with Crippen molar-refractivity contribution < 1.29 is 14.7 Å². The predicted octanol–water partition coefficient (Wildman–Crippen LogP) is 2.80. The van der Waals surface area contributed by atoms with Crippen molar-refractivity contribution in [1.82, 2.24) is 0 Å². The van der Waals surface area contributed by atoms with Crippen LogP contribution in [0.5, 0.6) is 0 Å². The molecule has 98 valence electrons. The van der Waals surface area contributed by atoms with Gasteiger partial charge in [0.1, 0.15) is 5.40 Å². The maximum absolute atomic E-state index is 11.0. The number of hydrogen-bond acceptors (Lipinski definition) is 5. The highest BCUT2D eigenvalue weighted by atomic mass is 32.2. The van der Waals surface area contributed by atoms with Gasteiger partial charge in [0.05, 0.1) is 4.91 Å². The van der Waals surface area contributed by atoms with Gasteiger partial charge in [-0.3, -0.25) is 4.79 Å². The molecule has 0 aromatic rings. The Labute approximate surface area is 115 Å². The molecule has 0 aromatic carbocycles. The number of carboxylic acid groups (broad SMARTS) is 1. The molecule has 0 spiro atoms. The molecule has 4 nitrogen and oxygen atoms in total. The molecule has 1 aliphatic rings. The van der Waals surface area contributed by atoms with Crippen LogP contribution in [0.4, 0.5) is 0 Å². The fraction of sp³-hybridized carbons (Fsp3) is 0.583. The molecule has 0 atom stereocenters. The molecule has 1 fully saturated rings. The number of carbonyl (C=O) groups is 2. The number of allylic oxidation sites excluding steroid dienone is 1. The first-order valence-electron chi connectivity index (χ1n) is 5.70. The Kier molecular flexibility index (Phi) is 6.30. The molecular weight excluding hydrogens is 270 g/mol. The van der Waals surface area contributed by atoms with Gasteiger partial charge in [0, 0.05) is 16.6 Å². The third kappa shape index (κ3) is 5.15. The molecule has 1 saturated carbocycles. The molecule has 0 radical (unpaired) electrons. The lowest BCUT2D eigenvalue weighted by Crippen LogP contribution is -2.18. The second-order valence-corrected chi connectivity index (χ2v) is 6.58. The average molecular weight is 285 g/mol.